The molecule has 2 aliphatic heterocycles. The second-order valence-electron chi connectivity index (χ2n) is 5.03. The summed E-state index contributed by atoms with van der Waals surface area (Å²) in [7, 11) is 1.60. The van der Waals surface area contributed by atoms with Crippen LogP contribution in [-0.4, -0.2) is 39.2 Å². The van der Waals surface area contributed by atoms with Crippen LogP contribution >= 0.6 is 23.2 Å². The lowest BCUT2D eigenvalue weighted by Gasteiger charge is -2.39. The van der Waals surface area contributed by atoms with Crippen LogP contribution in [0.5, 0.6) is 5.75 Å². The maximum Gasteiger partial charge on any atom is 0.171 e. The van der Waals surface area contributed by atoms with Gasteiger partial charge < -0.3 is 19.1 Å². The molecule has 2 fully saturated rings. The average Bonchev–Trinajstić information content (AvgIpc) is 2.88. The Labute approximate surface area is 128 Å². The number of benzene rings is 1. The van der Waals surface area contributed by atoms with Crippen molar-refractivity contribution in [1.29, 1.82) is 0 Å². The number of hydrogen-bond acceptors (Lipinski definition) is 4. The van der Waals surface area contributed by atoms with Crippen molar-refractivity contribution in [3.8, 4) is 5.75 Å². The van der Waals surface area contributed by atoms with E-state index >= 15 is 0 Å². The van der Waals surface area contributed by atoms with Gasteiger partial charge in [-0.05, 0) is 0 Å². The predicted molar refractivity (Wildman–Crippen MR) is 79.1 cm³/mol. The Morgan fingerprint density at radius 1 is 1.10 bits per heavy atom. The molecule has 4 nitrogen and oxygen atoms in total. The normalized spacial score (nSPS) is 21.4. The molecule has 0 N–H and O–H groups in total. The smallest absolute Gasteiger partial charge is 0.171 e. The molecule has 2 heterocycles. The van der Waals surface area contributed by atoms with E-state index in [4.69, 9.17) is 37.4 Å². The van der Waals surface area contributed by atoms with Crippen molar-refractivity contribution in [1.82, 2.24) is 0 Å². The molecule has 2 aliphatic rings. The van der Waals surface area contributed by atoms with Gasteiger partial charge in [0.1, 0.15) is 5.75 Å². The van der Waals surface area contributed by atoms with Gasteiger partial charge in [-0.1, -0.05) is 23.2 Å². The number of ether oxygens (including phenoxy) is 3. The van der Waals surface area contributed by atoms with Crippen LogP contribution in [0.3, 0.4) is 0 Å². The van der Waals surface area contributed by atoms with Gasteiger partial charge in [-0.3, -0.25) is 0 Å². The summed E-state index contributed by atoms with van der Waals surface area (Å²) >= 11 is 12.7. The highest BCUT2D eigenvalue weighted by Crippen LogP contribution is 2.41. The molecule has 0 aromatic heterocycles. The minimum atomic E-state index is -0.387. The molecule has 0 aliphatic carbocycles. The molecule has 6 heteroatoms. The largest absolute Gasteiger partial charge is 0.497 e. The van der Waals surface area contributed by atoms with Crippen LogP contribution in [0.15, 0.2) is 12.1 Å². The number of piperidine rings is 1. The number of rotatable bonds is 2. The lowest BCUT2D eigenvalue weighted by molar-refractivity contribution is -0.169. The molecule has 0 radical (unpaired) electrons. The topological polar surface area (TPSA) is 30.9 Å². The number of methoxy groups -OCH3 is 1. The molecule has 2 saturated heterocycles. The molecular weight excluding hydrogens is 301 g/mol. The van der Waals surface area contributed by atoms with Crippen molar-refractivity contribution in [3.05, 3.63) is 22.2 Å². The zero-order valence-electron chi connectivity index (χ0n) is 11.3. The first-order valence-electron chi connectivity index (χ1n) is 6.69. The fourth-order valence-corrected chi connectivity index (χ4v) is 3.52. The third-order valence-corrected chi connectivity index (χ3v) is 4.46. The lowest BCUT2D eigenvalue weighted by atomic mass is 10.0. The molecule has 20 heavy (non-hydrogen) atoms. The van der Waals surface area contributed by atoms with Crippen LogP contribution in [0.2, 0.25) is 10.0 Å². The van der Waals surface area contributed by atoms with Crippen molar-refractivity contribution in [3.63, 3.8) is 0 Å². The summed E-state index contributed by atoms with van der Waals surface area (Å²) in [6, 6.07) is 3.57. The molecular formula is C14H17Cl2NO3. The van der Waals surface area contributed by atoms with E-state index in [1.54, 1.807) is 19.2 Å². The quantitative estimate of drug-likeness (QED) is 0.837. The van der Waals surface area contributed by atoms with E-state index in [2.05, 4.69) is 4.90 Å². The SMILES string of the molecule is COc1cc(Cl)c(N2CCC3(CC2)OCCO3)c(Cl)c1. The van der Waals surface area contributed by atoms with Gasteiger partial charge in [0.2, 0.25) is 0 Å². The van der Waals surface area contributed by atoms with E-state index in [0.29, 0.717) is 29.0 Å². The number of nitrogens with zero attached hydrogens (tertiary/aromatic N) is 1. The van der Waals surface area contributed by atoms with Crippen LogP contribution < -0.4 is 9.64 Å². The van der Waals surface area contributed by atoms with Crippen LogP contribution in [0.25, 0.3) is 0 Å². The monoisotopic (exact) mass is 317 g/mol. The highest BCUT2D eigenvalue weighted by molar-refractivity contribution is 6.39. The fourth-order valence-electron chi connectivity index (χ4n) is 2.82. The molecule has 0 unspecified atom stereocenters. The summed E-state index contributed by atoms with van der Waals surface area (Å²) in [5.41, 5.74) is 0.863. The highest BCUT2D eigenvalue weighted by Gasteiger charge is 2.40. The molecule has 110 valence electrons. The Balaban J connectivity index is 1.78. The third-order valence-electron chi connectivity index (χ3n) is 3.88. The standard InChI is InChI=1S/C14H17Cl2NO3/c1-18-10-8-11(15)13(12(16)9-10)17-4-2-14(3-5-17)19-6-7-20-14/h8-9H,2-7H2,1H3. The van der Waals surface area contributed by atoms with Crippen molar-refractivity contribution in [2.45, 2.75) is 18.6 Å². The Kier molecular flexibility index (Phi) is 4.00. The van der Waals surface area contributed by atoms with Gasteiger partial charge in [0.25, 0.3) is 0 Å². The summed E-state index contributed by atoms with van der Waals surface area (Å²) in [5.74, 6) is 0.279. The minimum absolute atomic E-state index is 0.387. The van der Waals surface area contributed by atoms with Gasteiger partial charge in [-0.2, -0.15) is 0 Å². The van der Waals surface area contributed by atoms with Gasteiger partial charge in [-0.15, -0.1) is 0 Å². The zero-order chi connectivity index (χ0) is 14.2. The first-order valence-corrected chi connectivity index (χ1v) is 7.45. The van der Waals surface area contributed by atoms with Crippen LogP contribution in [0.1, 0.15) is 12.8 Å². The maximum atomic E-state index is 6.33. The number of halogens is 2. The van der Waals surface area contributed by atoms with Crippen LogP contribution in [0.4, 0.5) is 5.69 Å². The molecule has 1 aromatic rings. The first-order chi connectivity index (χ1) is 9.63. The Morgan fingerprint density at radius 3 is 2.15 bits per heavy atom. The van der Waals surface area contributed by atoms with Gasteiger partial charge in [0, 0.05) is 38.1 Å². The van der Waals surface area contributed by atoms with Gasteiger partial charge in [0.05, 0.1) is 36.1 Å². The number of anilines is 1. The molecule has 0 saturated carbocycles. The van der Waals surface area contributed by atoms with Crippen LogP contribution in [0, 0.1) is 0 Å². The van der Waals surface area contributed by atoms with Gasteiger partial charge in [0.15, 0.2) is 5.79 Å². The minimum Gasteiger partial charge on any atom is -0.497 e. The van der Waals surface area contributed by atoms with E-state index in [1.165, 1.54) is 0 Å². The van der Waals surface area contributed by atoms with Crippen molar-refractivity contribution >= 4 is 28.9 Å². The van der Waals surface area contributed by atoms with E-state index in [-0.39, 0.29) is 5.79 Å². The molecule has 0 bridgehead atoms. The van der Waals surface area contributed by atoms with Crippen molar-refractivity contribution in [2.24, 2.45) is 0 Å². The first kappa shape index (κ1) is 14.3. The Hall–Kier alpha value is -0.680. The highest BCUT2D eigenvalue weighted by atomic mass is 35.5. The zero-order valence-corrected chi connectivity index (χ0v) is 12.8. The number of hydrogen-bond donors (Lipinski definition) is 0. The Bertz CT molecular complexity index is 470. The third kappa shape index (κ3) is 2.58. The Morgan fingerprint density at radius 2 is 1.65 bits per heavy atom. The van der Waals surface area contributed by atoms with Gasteiger partial charge >= 0.3 is 0 Å². The van der Waals surface area contributed by atoms with E-state index in [9.17, 15) is 0 Å². The second-order valence-corrected chi connectivity index (χ2v) is 5.85. The van der Waals surface area contributed by atoms with Crippen LogP contribution in [-0.2, 0) is 9.47 Å². The summed E-state index contributed by atoms with van der Waals surface area (Å²) in [5, 5.41) is 1.22. The van der Waals surface area contributed by atoms with Crippen molar-refractivity contribution < 1.29 is 14.2 Å². The van der Waals surface area contributed by atoms with Crippen molar-refractivity contribution in [2.75, 3.05) is 38.3 Å². The molecule has 0 atom stereocenters. The predicted octanol–water partition coefficient (Wildman–Crippen LogP) is 3.35. The summed E-state index contributed by atoms with van der Waals surface area (Å²) < 4.78 is 16.6. The molecule has 1 aromatic carbocycles. The van der Waals surface area contributed by atoms with Gasteiger partial charge in [-0.25, -0.2) is 0 Å². The summed E-state index contributed by atoms with van der Waals surface area (Å²) in [6.07, 6.45) is 1.65. The second kappa shape index (κ2) is 5.60. The van der Waals surface area contributed by atoms with E-state index in [0.717, 1.165) is 31.6 Å². The fraction of sp³-hybridized carbons (Fsp3) is 0.571. The average molecular weight is 318 g/mol. The van der Waals surface area contributed by atoms with E-state index < -0.39 is 0 Å². The maximum absolute atomic E-state index is 6.33. The molecule has 1 spiro atoms. The lowest BCUT2D eigenvalue weighted by Crippen LogP contribution is -2.45. The van der Waals surface area contributed by atoms with E-state index in [1.807, 2.05) is 0 Å². The summed E-state index contributed by atoms with van der Waals surface area (Å²) in [4.78, 5) is 2.18. The molecule has 3 rings (SSSR count). The molecule has 0 amide bonds. The summed E-state index contributed by atoms with van der Waals surface area (Å²) in [6.45, 7) is 2.99.